The normalized spacial score (nSPS) is 13.3. The Kier molecular flexibility index (Phi) is 9.56. The number of fused-ring (bicyclic) bond motifs is 4. The molecule has 270 valence electrons. The van der Waals surface area contributed by atoms with E-state index in [-0.39, 0.29) is 11.5 Å². The van der Waals surface area contributed by atoms with Gasteiger partial charge in [0.25, 0.3) is 5.91 Å². The van der Waals surface area contributed by atoms with Crippen LogP contribution in [0.5, 0.6) is 5.75 Å². The number of benzene rings is 3. The summed E-state index contributed by atoms with van der Waals surface area (Å²) in [5.41, 5.74) is 9.08. The van der Waals surface area contributed by atoms with Crippen molar-refractivity contribution in [3.8, 4) is 16.9 Å². The van der Waals surface area contributed by atoms with Gasteiger partial charge in [-0.3, -0.25) is 19.1 Å². The van der Waals surface area contributed by atoms with E-state index in [0.29, 0.717) is 66.4 Å². The topological polar surface area (TPSA) is 107 Å². The van der Waals surface area contributed by atoms with Crippen LogP contribution in [0.4, 0.5) is 5.82 Å². The van der Waals surface area contributed by atoms with E-state index in [1.54, 1.807) is 34.8 Å². The van der Waals surface area contributed by atoms with Crippen LogP contribution in [0.3, 0.4) is 0 Å². The van der Waals surface area contributed by atoms with Gasteiger partial charge in [-0.15, -0.1) is 0 Å². The quantitative estimate of drug-likeness (QED) is 0.141. The van der Waals surface area contributed by atoms with Crippen LogP contribution in [0.2, 0.25) is 10.0 Å². The lowest BCUT2D eigenvalue weighted by Crippen LogP contribution is -2.32. The first-order valence-corrected chi connectivity index (χ1v) is 18.5. The van der Waals surface area contributed by atoms with Crippen molar-refractivity contribution in [2.45, 2.75) is 66.3 Å². The highest BCUT2D eigenvalue weighted by atomic mass is 35.5. The minimum Gasteiger partial charge on any atom is -0.494 e. The lowest BCUT2D eigenvalue weighted by molar-refractivity contribution is 0.0696. The van der Waals surface area contributed by atoms with Crippen molar-refractivity contribution in [2.75, 3.05) is 18.1 Å². The summed E-state index contributed by atoms with van der Waals surface area (Å²) >= 11 is 13.7. The molecule has 0 saturated carbocycles. The van der Waals surface area contributed by atoms with Crippen molar-refractivity contribution in [2.24, 2.45) is 14.1 Å². The molecule has 0 radical (unpaired) electrons. The molecule has 52 heavy (non-hydrogen) atoms. The Morgan fingerprint density at radius 3 is 2.29 bits per heavy atom. The number of hydrogen-bond acceptors (Lipinski definition) is 5. The van der Waals surface area contributed by atoms with E-state index in [0.717, 1.165) is 73.7 Å². The number of carbonyl (C=O) groups is 2. The number of aryl methyl sites for hydroxylation is 7. The molecule has 0 fully saturated rings. The first-order valence-electron chi connectivity index (χ1n) is 17.7. The average molecular weight is 742 g/mol. The Morgan fingerprint density at radius 2 is 1.63 bits per heavy atom. The van der Waals surface area contributed by atoms with Crippen molar-refractivity contribution in [1.82, 2.24) is 24.1 Å². The smallest absolute Gasteiger partial charge is 0.335 e. The highest BCUT2D eigenvalue weighted by Gasteiger charge is 2.34. The van der Waals surface area contributed by atoms with Crippen molar-refractivity contribution in [1.29, 1.82) is 0 Å². The maximum Gasteiger partial charge on any atom is 0.335 e. The Hall–Kier alpha value is -4.80. The number of amides is 1. The number of rotatable bonds is 10. The average Bonchev–Trinajstić information content (AvgIpc) is 3.66. The number of halogens is 2. The number of ether oxygens (including phenoxy) is 1. The fraction of sp³-hybridized carbons (Fsp3) is 0.350. The molecule has 0 atom stereocenters. The van der Waals surface area contributed by atoms with E-state index in [1.165, 1.54) is 0 Å². The van der Waals surface area contributed by atoms with Gasteiger partial charge in [-0.1, -0.05) is 43.1 Å². The number of hydrogen-bond donors (Lipinski definition) is 1. The third-order valence-corrected chi connectivity index (χ3v) is 11.2. The second-order valence-corrected chi connectivity index (χ2v) is 14.3. The number of aromatic carboxylic acids is 1. The second kappa shape index (κ2) is 14.0. The van der Waals surface area contributed by atoms with Gasteiger partial charge in [-0.2, -0.15) is 10.2 Å². The molecule has 0 bridgehead atoms. The van der Waals surface area contributed by atoms with Gasteiger partial charge in [0, 0.05) is 59.8 Å². The van der Waals surface area contributed by atoms with E-state index >= 15 is 4.79 Å². The Balaban J connectivity index is 1.34. The lowest BCUT2D eigenvalue weighted by Gasteiger charge is -2.19. The molecule has 1 N–H and O–H groups in total. The van der Waals surface area contributed by atoms with Gasteiger partial charge in [0.1, 0.15) is 11.4 Å². The monoisotopic (exact) mass is 740 g/mol. The van der Waals surface area contributed by atoms with Crippen molar-refractivity contribution < 1.29 is 19.4 Å². The van der Waals surface area contributed by atoms with Crippen molar-refractivity contribution in [3.63, 3.8) is 0 Å². The van der Waals surface area contributed by atoms with Gasteiger partial charge in [0.15, 0.2) is 5.82 Å². The van der Waals surface area contributed by atoms with Crippen LogP contribution in [-0.2, 0) is 39.9 Å². The largest absolute Gasteiger partial charge is 0.494 e. The summed E-state index contributed by atoms with van der Waals surface area (Å²) < 4.78 is 12.0. The minimum atomic E-state index is -1.02. The molecule has 7 rings (SSSR count). The fourth-order valence-corrected chi connectivity index (χ4v) is 8.35. The third-order valence-electron chi connectivity index (χ3n) is 10.4. The van der Waals surface area contributed by atoms with E-state index in [1.807, 2.05) is 49.8 Å². The van der Waals surface area contributed by atoms with Crippen LogP contribution in [0.15, 0.2) is 42.5 Å². The molecule has 1 aliphatic heterocycles. The Bertz CT molecular complexity index is 2380. The third kappa shape index (κ3) is 5.91. The fourth-order valence-electron chi connectivity index (χ4n) is 7.73. The van der Waals surface area contributed by atoms with E-state index < -0.39 is 5.97 Å². The Morgan fingerprint density at radius 1 is 0.923 bits per heavy atom. The summed E-state index contributed by atoms with van der Waals surface area (Å²) in [5, 5.41) is 22.2. The summed E-state index contributed by atoms with van der Waals surface area (Å²) in [4.78, 5) is 28.5. The number of nitrogens with zero attached hydrogens (tertiary/aromatic N) is 6. The Labute approximate surface area is 312 Å². The minimum absolute atomic E-state index is 0.161. The zero-order valence-corrected chi connectivity index (χ0v) is 31.8. The number of aromatic nitrogens is 5. The number of carboxylic acids is 1. The zero-order valence-electron chi connectivity index (χ0n) is 30.3. The number of carbonyl (C=O) groups excluding carboxylic acids is 1. The van der Waals surface area contributed by atoms with Crippen molar-refractivity contribution >= 4 is 62.7 Å². The van der Waals surface area contributed by atoms with Crippen molar-refractivity contribution in [3.05, 3.63) is 91.8 Å². The van der Waals surface area contributed by atoms with Crippen LogP contribution >= 0.6 is 23.2 Å². The molecular weight excluding hydrogens is 699 g/mol. The first-order chi connectivity index (χ1) is 24.9. The zero-order chi connectivity index (χ0) is 37.0. The van der Waals surface area contributed by atoms with Gasteiger partial charge in [0.2, 0.25) is 0 Å². The van der Waals surface area contributed by atoms with Crippen LogP contribution < -0.4 is 9.64 Å². The highest BCUT2D eigenvalue weighted by molar-refractivity contribution is 6.35. The summed E-state index contributed by atoms with van der Waals surface area (Å²) in [7, 11) is 3.69. The molecule has 10 nitrogen and oxygen atoms in total. The maximum atomic E-state index is 15.0. The molecule has 4 heterocycles. The summed E-state index contributed by atoms with van der Waals surface area (Å²) in [6.07, 6.45) is 3.56. The molecule has 6 aromatic rings. The number of carboxylic acid groups (broad SMARTS) is 1. The molecule has 12 heteroatoms. The van der Waals surface area contributed by atoms with E-state index in [9.17, 15) is 9.90 Å². The van der Waals surface area contributed by atoms with E-state index in [4.69, 9.17) is 38.1 Å². The summed E-state index contributed by atoms with van der Waals surface area (Å²) in [6.45, 7) is 9.68. The van der Waals surface area contributed by atoms with Gasteiger partial charge in [-0.05, 0) is 99.0 Å². The highest BCUT2D eigenvalue weighted by Crippen LogP contribution is 2.43. The predicted octanol–water partition coefficient (Wildman–Crippen LogP) is 8.74. The summed E-state index contributed by atoms with van der Waals surface area (Å²) in [6, 6.07) is 12.9. The second-order valence-electron chi connectivity index (χ2n) is 13.5. The molecule has 0 unspecified atom stereocenters. The van der Waals surface area contributed by atoms with Gasteiger partial charge < -0.3 is 14.4 Å². The van der Waals surface area contributed by atoms with Crippen LogP contribution in [0.25, 0.3) is 32.9 Å². The molecule has 3 aromatic heterocycles. The predicted molar refractivity (Wildman–Crippen MR) is 207 cm³/mol. The molecule has 0 spiro atoms. The molecule has 3 aromatic carbocycles. The molecule has 0 saturated heterocycles. The summed E-state index contributed by atoms with van der Waals surface area (Å²) in [5.74, 6) is 0.123. The lowest BCUT2D eigenvalue weighted by atomic mass is 9.98. The van der Waals surface area contributed by atoms with Crippen LogP contribution in [0.1, 0.15) is 75.6 Å². The molecule has 1 aliphatic rings. The molecule has 1 amide bonds. The van der Waals surface area contributed by atoms with E-state index in [2.05, 4.69) is 18.4 Å². The molecular formula is C40H42Cl2N6O4. The first kappa shape index (κ1) is 35.6. The van der Waals surface area contributed by atoms with Gasteiger partial charge >= 0.3 is 5.97 Å². The van der Waals surface area contributed by atoms with Crippen LogP contribution in [-0.4, -0.2) is 54.3 Å². The molecule has 0 aliphatic carbocycles. The van der Waals surface area contributed by atoms with Gasteiger partial charge in [0.05, 0.1) is 33.9 Å². The SMILES string of the molecule is CCc1cc(OCCCc2c3n(c4c(-c5c(C)nn(C)c5C)c(Cl)ccc24)CCCN(c2nn(C)c4cc(C(=O)O)ccc24)C3=O)cc(CC)c1Cl. The number of anilines is 1. The standard InChI is InChI=1S/C40H42Cl2N6O4/c1-7-24-19-27(20-25(8-2)35(24)42)52-18-9-11-28-29-14-15-31(41)34(33-22(3)43-45(5)23(33)4)36(29)47-16-10-17-48(39(49)37(28)47)38-30-13-12-26(40(50)51)21-32(30)46(6)44-38/h12-15,19-21H,7-11,16-18H2,1-6H3,(H,50,51). The van der Waals surface area contributed by atoms with Crippen LogP contribution in [0, 0.1) is 13.8 Å². The van der Waals surface area contributed by atoms with Gasteiger partial charge in [-0.25, -0.2) is 4.79 Å². The maximum absolute atomic E-state index is 15.0.